The maximum absolute atomic E-state index is 12.7. The Hall–Kier alpha value is -2.81. The van der Waals surface area contributed by atoms with Crippen LogP contribution in [0, 0.1) is 0 Å². The van der Waals surface area contributed by atoms with E-state index >= 15 is 0 Å². The summed E-state index contributed by atoms with van der Waals surface area (Å²) in [5.74, 6) is -1.17. The van der Waals surface area contributed by atoms with E-state index in [4.69, 9.17) is 32.7 Å². The van der Waals surface area contributed by atoms with E-state index in [2.05, 4.69) is 27.7 Å². The first-order chi connectivity index (χ1) is 17.2. The van der Waals surface area contributed by atoms with Gasteiger partial charge < -0.3 is 20.1 Å². The molecule has 0 saturated carbocycles. The molecular formula is C26H29Cl2N3O5. The molecule has 36 heavy (non-hydrogen) atoms. The van der Waals surface area contributed by atoms with E-state index in [-0.39, 0.29) is 46.5 Å². The average Bonchev–Trinajstić information content (AvgIpc) is 3.06. The lowest BCUT2D eigenvalue weighted by Crippen LogP contribution is -2.50. The van der Waals surface area contributed by atoms with Crippen LogP contribution in [0.2, 0.25) is 10.0 Å². The van der Waals surface area contributed by atoms with Gasteiger partial charge in [0, 0.05) is 42.7 Å². The number of piperidine rings is 1. The van der Waals surface area contributed by atoms with Crippen molar-refractivity contribution >= 4 is 46.7 Å². The Labute approximate surface area is 220 Å². The standard InChI is InChI=1S/C26H29Cl2N3O5/c1-15(32)29-23-12-24(21(11-22(23)28)26(34)35-2)36-14-25(33)30-18-9-19-7-8-20(10-18)31(19)13-16-3-5-17(27)6-4-16/h3-6,11-12,18-20H,7-10,13-14H2,1-2H3,(H,29,32)(H,30,33). The van der Waals surface area contributed by atoms with Gasteiger partial charge in [-0.15, -0.1) is 0 Å². The molecule has 2 aromatic carbocycles. The Kier molecular flexibility index (Phi) is 8.39. The van der Waals surface area contributed by atoms with Gasteiger partial charge in [0.2, 0.25) is 5.91 Å². The van der Waals surface area contributed by atoms with E-state index in [0.717, 1.165) is 37.3 Å². The van der Waals surface area contributed by atoms with Crippen LogP contribution in [-0.2, 0) is 20.9 Å². The number of nitrogens with one attached hydrogen (secondary N) is 2. The molecule has 2 heterocycles. The summed E-state index contributed by atoms with van der Waals surface area (Å²) < 4.78 is 10.5. The third-order valence-corrected chi connectivity index (χ3v) is 7.24. The molecular weight excluding hydrogens is 505 g/mol. The normalized spacial score (nSPS) is 21.1. The Morgan fingerprint density at radius 3 is 2.33 bits per heavy atom. The van der Waals surface area contributed by atoms with E-state index in [1.807, 2.05) is 12.1 Å². The Morgan fingerprint density at radius 2 is 1.72 bits per heavy atom. The number of carbonyl (C=O) groups is 3. The lowest BCUT2D eigenvalue weighted by atomic mass is 9.96. The molecule has 10 heteroatoms. The van der Waals surface area contributed by atoms with Crippen molar-refractivity contribution in [3.05, 3.63) is 57.6 Å². The molecule has 2 bridgehead atoms. The molecule has 8 nitrogen and oxygen atoms in total. The number of hydrogen-bond donors (Lipinski definition) is 2. The summed E-state index contributed by atoms with van der Waals surface area (Å²) in [6, 6.07) is 11.6. The smallest absolute Gasteiger partial charge is 0.341 e. The van der Waals surface area contributed by atoms with Crippen LogP contribution in [0.15, 0.2) is 36.4 Å². The number of rotatable bonds is 8. The van der Waals surface area contributed by atoms with Crippen molar-refractivity contribution in [2.45, 2.75) is 57.3 Å². The van der Waals surface area contributed by atoms with Crippen molar-refractivity contribution in [1.29, 1.82) is 0 Å². The van der Waals surface area contributed by atoms with Gasteiger partial charge in [-0.25, -0.2) is 4.79 Å². The molecule has 2 saturated heterocycles. The lowest BCUT2D eigenvalue weighted by molar-refractivity contribution is -0.124. The SMILES string of the molecule is COC(=O)c1cc(Cl)c(NC(C)=O)cc1OCC(=O)NC1CC2CCC(C1)N2Cc1ccc(Cl)cc1. The van der Waals surface area contributed by atoms with E-state index in [0.29, 0.717) is 12.1 Å². The summed E-state index contributed by atoms with van der Waals surface area (Å²) in [5, 5.41) is 6.55. The van der Waals surface area contributed by atoms with Crippen molar-refractivity contribution in [3.8, 4) is 5.75 Å². The molecule has 2 fully saturated rings. The molecule has 0 radical (unpaired) electrons. The van der Waals surface area contributed by atoms with Gasteiger partial charge in [0.15, 0.2) is 6.61 Å². The van der Waals surface area contributed by atoms with Crippen molar-refractivity contribution in [2.24, 2.45) is 0 Å². The van der Waals surface area contributed by atoms with Crippen LogP contribution in [0.1, 0.15) is 48.5 Å². The van der Waals surface area contributed by atoms with Gasteiger partial charge in [-0.3, -0.25) is 14.5 Å². The number of esters is 1. The summed E-state index contributed by atoms with van der Waals surface area (Å²) in [6.07, 6.45) is 3.97. The second-order valence-electron chi connectivity index (χ2n) is 9.21. The quantitative estimate of drug-likeness (QED) is 0.487. The van der Waals surface area contributed by atoms with Gasteiger partial charge in [0.05, 0.1) is 17.8 Å². The van der Waals surface area contributed by atoms with Crippen LogP contribution in [0.25, 0.3) is 0 Å². The molecule has 2 aliphatic heterocycles. The number of carbonyl (C=O) groups excluding carboxylic acids is 3. The number of halogens is 2. The number of hydrogen-bond acceptors (Lipinski definition) is 6. The first-order valence-corrected chi connectivity index (χ1v) is 12.6. The number of amides is 2. The third kappa shape index (κ3) is 6.30. The van der Waals surface area contributed by atoms with Crippen molar-refractivity contribution in [3.63, 3.8) is 0 Å². The van der Waals surface area contributed by atoms with Crippen molar-refractivity contribution in [1.82, 2.24) is 10.2 Å². The predicted molar refractivity (Wildman–Crippen MR) is 138 cm³/mol. The highest BCUT2D eigenvalue weighted by atomic mass is 35.5. The fraction of sp³-hybridized carbons (Fsp3) is 0.423. The highest BCUT2D eigenvalue weighted by molar-refractivity contribution is 6.34. The highest BCUT2D eigenvalue weighted by Crippen LogP contribution is 2.37. The fourth-order valence-corrected chi connectivity index (χ4v) is 5.43. The molecule has 2 aromatic rings. The molecule has 0 aliphatic carbocycles. The second kappa shape index (κ2) is 11.5. The minimum Gasteiger partial charge on any atom is -0.483 e. The van der Waals surface area contributed by atoms with E-state index < -0.39 is 5.97 Å². The minimum absolute atomic E-state index is 0.0558. The molecule has 2 unspecified atom stereocenters. The topological polar surface area (TPSA) is 97.0 Å². The number of nitrogens with zero attached hydrogens (tertiary/aromatic N) is 1. The van der Waals surface area contributed by atoms with Gasteiger partial charge in [0.25, 0.3) is 5.91 Å². The van der Waals surface area contributed by atoms with E-state index in [9.17, 15) is 14.4 Å². The Bertz CT molecular complexity index is 1130. The van der Waals surface area contributed by atoms with Crippen LogP contribution in [0.3, 0.4) is 0 Å². The zero-order chi connectivity index (χ0) is 25.8. The number of benzene rings is 2. The lowest BCUT2D eigenvalue weighted by Gasteiger charge is -2.39. The first-order valence-electron chi connectivity index (χ1n) is 11.8. The summed E-state index contributed by atoms with van der Waals surface area (Å²) in [7, 11) is 1.24. The Balaban J connectivity index is 1.35. The molecule has 0 aromatic heterocycles. The van der Waals surface area contributed by atoms with Crippen LogP contribution >= 0.6 is 23.2 Å². The van der Waals surface area contributed by atoms with Crippen molar-refractivity contribution in [2.75, 3.05) is 19.0 Å². The third-order valence-electron chi connectivity index (χ3n) is 6.67. The zero-order valence-electron chi connectivity index (χ0n) is 20.2. The summed E-state index contributed by atoms with van der Waals surface area (Å²) in [4.78, 5) is 38.9. The monoisotopic (exact) mass is 533 g/mol. The maximum atomic E-state index is 12.7. The van der Waals surface area contributed by atoms with Crippen LogP contribution < -0.4 is 15.4 Å². The molecule has 0 spiro atoms. The Morgan fingerprint density at radius 1 is 1.06 bits per heavy atom. The number of fused-ring (bicyclic) bond motifs is 2. The largest absolute Gasteiger partial charge is 0.483 e. The van der Waals surface area contributed by atoms with Gasteiger partial charge >= 0.3 is 5.97 Å². The second-order valence-corrected chi connectivity index (χ2v) is 10.1. The van der Waals surface area contributed by atoms with Crippen LogP contribution in [0.4, 0.5) is 5.69 Å². The number of anilines is 1. The van der Waals surface area contributed by atoms with Gasteiger partial charge in [-0.05, 0) is 49.4 Å². The van der Waals surface area contributed by atoms with E-state index in [1.54, 1.807) is 0 Å². The molecule has 2 amide bonds. The summed E-state index contributed by atoms with van der Waals surface area (Å²) in [5.41, 5.74) is 1.57. The van der Waals surface area contributed by atoms with Crippen molar-refractivity contribution < 1.29 is 23.9 Å². The minimum atomic E-state index is -0.661. The first kappa shape index (κ1) is 26.3. The average molecular weight is 534 g/mol. The summed E-state index contributed by atoms with van der Waals surface area (Å²) in [6.45, 7) is 1.93. The van der Waals surface area contributed by atoms with Gasteiger partial charge in [-0.1, -0.05) is 35.3 Å². The molecule has 2 aliphatic rings. The van der Waals surface area contributed by atoms with Crippen LogP contribution in [0.5, 0.6) is 5.75 Å². The predicted octanol–water partition coefficient (Wildman–Crippen LogP) is 4.43. The van der Waals surface area contributed by atoms with Gasteiger partial charge in [-0.2, -0.15) is 0 Å². The summed E-state index contributed by atoms with van der Waals surface area (Å²) >= 11 is 12.2. The zero-order valence-corrected chi connectivity index (χ0v) is 21.7. The maximum Gasteiger partial charge on any atom is 0.341 e. The molecule has 4 rings (SSSR count). The molecule has 2 atom stereocenters. The molecule has 2 N–H and O–H groups in total. The highest BCUT2D eigenvalue weighted by Gasteiger charge is 2.40. The fourth-order valence-electron chi connectivity index (χ4n) is 5.09. The molecule has 192 valence electrons. The number of methoxy groups -OCH3 is 1. The van der Waals surface area contributed by atoms with Gasteiger partial charge in [0.1, 0.15) is 11.3 Å². The number of ether oxygens (including phenoxy) is 2. The van der Waals surface area contributed by atoms with E-state index in [1.165, 1.54) is 31.7 Å². The van der Waals surface area contributed by atoms with Crippen LogP contribution in [-0.4, -0.2) is 54.5 Å².